The van der Waals surface area contributed by atoms with Crippen molar-refractivity contribution in [3.63, 3.8) is 0 Å². The highest BCUT2D eigenvalue weighted by molar-refractivity contribution is 14.0. The monoisotopic (exact) mass is 472 g/mol. The molecule has 0 unspecified atom stereocenters. The number of benzene rings is 1. The van der Waals surface area contributed by atoms with E-state index < -0.39 is 0 Å². The number of hydrogen-bond donors (Lipinski definition) is 2. The first-order valence-electron chi connectivity index (χ1n) is 9.41. The van der Waals surface area contributed by atoms with Gasteiger partial charge in [0, 0.05) is 40.2 Å². The number of guanidine groups is 1. The van der Waals surface area contributed by atoms with E-state index in [-0.39, 0.29) is 29.9 Å². The maximum absolute atomic E-state index is 12.0. The van der Waals surface area contributed by atoms with Crippen LogP contribution in [0.2, 0.25) is 0 Å². The van der Waals surface area contributed by atoms with Gasteiger partial charge < -0.3 is 15.5 Å². The van der Waals surface area contributed by atoms with E-state index >= 15 is 0 Å². The maximum Gasteiger partial charge on any atom is 0.220 e. The van der Waals surface area contributed by atoms with Crippen molar-refractivity contribution in [2.24, 2.45) is 10.9 Å². The topological polar surface area (TPSA) is 56.7 Å². The van der Waals surface area contributed by atoms with Crippen LogP contribution in [0.25, 0.3) is 0 Å². The fourth-order valence-corrected chi connectivity index (χ4v) is 3.42. The Bertz CT molecular complexity index is 544. The van der Waals surface area contributed by atoms with E-state index in [4.69, 9.17) is 0 Å². The quantitative estimate of drug-likeness (QED) is 0.277. The number of amides is 1. The van der Waals surface area contributed by atoms with Crippen LogP contribution < -0.4 is 10.6 Å². The average Bonchev–Trinajstić information content (AvgIpc) is 2.63. The zero-order valence-corrected chi connectivity index (χ0v) is 18.4. The molecule has 1 aliphatic rings. The molecule has 5 nitrogen and oxygen atoms in total. The summed E-state index contributed by atoms with van der Waals surface area (Å²) < 4.78 is 0. The normalized spacial score (nSPS) is 15.1. The van der Waals surface area contributed by atoms with Crippen LogP contribution in [0, 0.1) is 5.92 Å². The van der Waals surface area contributed by atoms with Gasteiger partial charge in [0.1, 0.15) is 0 Å². The SMILES string of the molecule is CN=C(NCCNC(=O)CC1CCCCC1)N(C)Cc1ccccc1.I. The fraction of sp³-hybridized carbons (Fsp3) is 0.600. The minimum Gasteiger partial charge on any atom is -0.354 e. The molecule has 0 spiro atoms. The van der Waals surface area contributed by atoms with E-state index in [9.17, 15) is 4.79 Å². The molecule has 146 valence electrons. The summed E-state index contributed by atoms with van der Waals surface area (Å²) in [6, 6.07) is 10.3. The van der Waals surface area contributed by atoms with Gasteiger partial charge in [-0.25, -0.2) is 0 Å². The lowest BCUT2D eigenvalue weighted by Crippen LogP contribution is -2.42. The third-order valence-electron chi connectivity index (χ3n) is 4.77. The van der Waals surface area contributed by atoms with Gasteiger partial charge in [-0.15, -0.1) is 24.0 Å². The van der Waals surface area contributed by atoms with Gasteiger partial charge >= 0.3 is 0 Å². The Kier molecular flexibility index (Phi) is 11.3. The molecular formula is C20H33IN4O. The first kappa shape index (κ1) is 22.7. The smallest absolute Gasteiger partial charge is 0.220 e. The van der Waals surface area contributed by atoms with Gasteiger partial charge in [-0.2, -0.15) is 0 Å². The van der Waals surface area contributed by atoms with Gasteiger partial charge in [0.05, 0.1) is 0 Å². The number of carbonyl (C=O) groups excluding carboxylic acids is 1. The number of nitrogens with one attached hydrogen (secondary N) is 2. The Hall–Kier alpha value is -1.31. The number of aliphatic imine (C=N–C) groups is 1. The largest absolute Gasteiger partial charge is 0.354 e. The van der Waals surface area contributed by atoms with Crippen LogP contribution >= 0.6 is 24.0 Å². The van der Waals surface area contributed by atoms with Gasteiger partial charge in [0.2, 0.25) is 5.91 Å². The summed E-state index contributed by atoms with van der Waals surface area (Å²) in [4.78, 5) is 18.4. The highest BCUT2D eigenvalue weighted by atomic mass is 127. The predicted octanol–water partition coefficient (Wildman–Crippen LogP) is 3.40. The van der Waals surface area contributed by atoms with E-state index in [2.05, 4.69) is 32.7 Å². The predicted molar refractivity (Wildman–Crippen MR) is 119 cm³/mol. The minimum absolute atomic E-state index is 0. The molecule has 0 bridgehead atoms. The van der Waals surface area contributed by atoms with Crippen molar-refractivity contribution in [2.45, 2.75) is 45.1 Å². The van der Waals surface area contributed by atoms with Crippen molar-refractivity contribution in [1.82, 2.24) is 15.5 Å². The number of halogens is 1. The standard InChI is InChI=1S/C20H32N4O.HI/c1-21-20(24(2)16-18-11-7-4-8-12-18)23-14-13-22-19(25)15-17-9-5-3-6-10-17;/h4,7-8,11-12,17H,3,5-6,9-10,13-16H2,1-2H3,(H,21,23)(H,22,25);1H. The molecular weight excluding hydrogens is 439 g/mol. The van der Waals surface area contributed by atoms with E-state index in [1.165, 1.54) is 37.7 Å². The Morgan fingerprint density at radius 3 is 2.42 bits per heavy atom. The Morgan fingerprint density at radius 1 is 1.12 bits per heavy atom. The molecule has 0 aliphatic heterocycles. The lowest BCUT2D eigenvalue weighted by molar-refractivity contribution is -0.122. The van der Waals surface area contributed by atoms with Crippen molar-refractivity contribution in [2.75, 3.05) is 27.2 Å². The molecule has 1 aromatic rings. The third-order valence-corrected chi connectivity index (χ3v) is 4.77. The molecule has 2 N–H and O–H groups in total. The zero-order chi connectivity index (χ0) is 17.9. The summed E-state index contributed by atoms with van der Waals surface area (Å²) in [5, 5.41) is 6.33. The Labute approximate surface area is 175 Å². The van der Waals surface area contributed by atoms with Crippen molar-refractivity contribution in [3.8, 4) is 0 Å². The van der Waals surface area contributed by atoms with Crippen LogP contribution in [-0.4, -0.2) is 44.0 Å². The van der Waals surface area contributed by atoms with Gasteiger partial charge in [-0.1, -0.05) is 49.6 Å². The highest BCUT2D eigenvalue weighted by Gasteiger charge is 2.16. The van der Waals surface area contributed by atoms with Crippen LogP contribution in [0.5, 0.6) is 0 Å². The molecule has 2 rings (SSSR count). The number of hydrogen-bond acceptors (Lipinski definition) is 2. The van der Waals surface area contributed by atoms with Gasteiger partial charge in [-0.3, -0.25) is 9.79 Å². The molecule has 0 atom stereocenters. The number of nitrogens with zero attached hydrogens (tertiary/aromatic N) is 2. The van der Waals surface area contributed by atoms with Crippen LogP contribution in [0.1, 0.15) is 44.1 Å². The second-order valence-corrected chi connectivity index (χ2v) is 6.87. The molecule has 0 heterocycles. The molecule has 26 heavy (non-hydrogen) atoms. The first-order chi connectivity index (χ1) is 12.2. The second-order valence-electron chi connectivity index (χ2n) is 6.87. The zero-order valence-electron chi connectivity index (χ0n) is 16.0. The Morgan fingerprint density at radius 2 is 1.77 bits per heavy atom. The average molecular weight is 472 g/mol. The van der Waals surface area contributed by atoms with Crippen molar-refractivity contribution in [3.05, 3.63) is 35.9 Å². The second kappa shape index (κ2) is 12.9. The van der Waals surface area contributed by atoms with E-state index in [1.807, 2.05) is 25.2 Å². The number of carbonyl (C=O) groups is 1. The van der Waals surface area contributed by atoms with Crippen LogP contribution in [-0.2, 0) is 11.3 Å². The fourth-order valence-electron chi connectivity index (χ4n) is 3.42. The summed E-state index contributed by atoms with van der Waals surface area (Å²) in [5.41, 5.74) is 1.24. The molecule has 1 fully saturated rings. The maximum atomic E-state index is 12.0. The van der Waals surface area contributed by atoms with Crippen molar-refractivity contribution < 1.29 is 4.79 Å². The first-order valence-corrected chi connectivity index (χ1v) is 9.41. The third kappa shape index (κ3) is 8.38. The van der Waals surface area contributed by atoms with Gasteiger partial charge in [-0.05, 0) is 24.3 Å². The molecule has 0 aromatic heterocycles. The van der Waals surface area contributed by atoms with E-state index in [0.717, 1.165) is 12.5 Å². The van der Waals surface area contributed by atoms with Crippen molar-refractivity contribution in [1.29, 1.82) is 0 Å². The molecule has 0 radical (unpaired) electrons. The molecule has 6 heteroatoms. The van der Waals surface area contributed by atoms with Crippen LogP contribution in [0.15, 0.2) is 35.3 Å². The Balaban J connectivity index is 0.00000338. The summed E-state index contributed by atoms with van der Waals surface area (Å²) >= 11 is 0. The van der Waals surface area contributed by atoms with Gasteiger partial charge in [0.15, 0.2) is 5.96 Å². The van der Waals surface area contributed by atoms with Crippen molar-refractivity contribution >= 4 is 35.8 Å². The molecule has 1 aromatic carbocycles. The summed E-state index contributed by atoms with van der Waals surface area (Å²) in [7, 11) is 3.80. The lowest BCUT2D eigenvalue weighted by atomic mass is 9.87. The van der Waals surface area contributed by atoms with Gasteiger partial charge in [0.25, 0.3) is 0 Å². The molecule has 0 saturated heterocycles. The van der Waals surface area contributed by atoms with E-state index in [1.54, 1.807) is 7.05 Å². The molecule has 1 amide bonds. The van der Waals surface area contributed by atoms with E-state index in [0.29, 0.717) is 25.4 Å². The lowest BCUT2D eigenvalue weighted by Gasteiger charge is -2.23. The van der Waals surface area contributed by atoms with Crippen LogP contribution in [0.4, 0.5) is 0 Å². The molecule has 1 aliphatic carbocycles. The molecule has 1 saturated carbocycles. The van der Waals surface area contributed by atoms with Crippen LogP contribution in [0.3, 0.4) is 0 Å². The minimum atomic E-state index is 0. The highest BCUT2D eigenvalue weighted by Crippen LogP contribution is 2.25. The summed E-state index contributed by atoms with van der Waals surface area (Å²) in [6.45, 7) is 2.11. The summed E-state index contributed by atoms with van der Waals surface area (Å²) in [6.07, 6.45) is 7.00. The number of rotatable bonds is 7. The summed E-state index contributed by atoms with van der Waals surface area (Å²) in [5.74, 6) is 1.61.